The van der Waals surface area contributed by atoms with Gasteiger partial charge in [0.2, 0.25) is 0 Å². The van der Waals surface area contributed by atoms with Crippen LogP contribution >= 0.6 is 27.7 Å². The second-order valence-electron chi connectivity index (χ2n) is 4.20. The third-order valence-electron chi connectivity index (χ3n) is 2.67. The molecule has 0 bridgehead atoms. The molecule has 2 aromatic rings. The molecule has 1 aromatic heterocycles. The molecule has 0 amide bonds. The second kappa shape index (κ2) is 7.65. The van der Waals surface area contributed by atoms with E-state index in [1.807, 2.05) is 24.4 Å². The third kappa shape index (κ3) is 4.95. The zero-order valence-corrected chi connectivity index (χ0v) is 12.8. The number of thioether (sulfide) groups is 1. The summed E-state index contributed by atoms with van der Waals surface area (Å²) in [5.41, 5.74) is 4.05. The molecule has 0 saturated carbocycles. The summed E-state index contributed by atoms with van der Waals surface area (Å²) < 4.78 is 0.997. The molecule has 100 valence electrons. The van der Waals surface area contributed by atoms with Crippen LogP contribution in [-0.2, 0) is 6.42 Å². The predicted octanol–water partition coefficient (Wildman–Crippen LogP) is 3.01. The largest absolute Gasteiger partial charge is 0.271 e. The first-order valence-corrected chi connectivity index (χ1v) is 7.79. The van der Waals surface area contributed by atoms with Gasteiger partial charge in [-0.1, -0.05) is 18.2 Å². The molecular weight excluding hydrogens is 322 g/mol. The molecule has 19 heavy (non-hydrogen) atoms. The SMILES string of the molecule is NNC(CSc1ccccc1)Cc1cncc(Br)c1. The first kappa shape index (κ1) is 14.5. The normalized spacial score (nSPS) is 12.3. The minimum absolute atomic E-state index is 0.223. The minimum atomic E-state index is 0.223. The molecule has 1 unspecified atom stereocenters. The Bertz CT molecular complexity index is 507. The molecular formula is C14H16BrN3S. The van der Waals surface area contributed by atoms with Crippen LogP contribution in [0, 0.1) is 0 Å². The van der Waals surface area contributed by atoms with E-state index in [1.165, 1.54) is 10.5 Å². The monoisotopic (exact) mass is 337 g/mol. The molecule has 3 nitrogen and oxygen atoms in total. The Morgan fingerprint density at radius 3 is 2.74 bits per heavy atom. The maximum absolute atomic E-state index is 5.63. The summed E-state index contributed by atoms with van der Waals surface area (Å²) in [6.45, 7) is 0. The zero-order valence-electron chi connectivity index (χ0n) is 10.4. The number of pyridine rings is 1. The standard InChI is InChI=1S/C14H16BrN3S/c15-12-6-11(8-17-9-12)7-13(18-16)10-19-14-4-2-1-3-5-14/h1-6,8-9,13,18H,7,10,16H2. The maximum atomic E-state index is 5.63. The molecule has 0 aliphatic rings. The lowest BCUT2D eigenvalue weighted by Gasteiger charge is -2.15. The van der Waals surface area contributed by atoms with E-state index >= 15 is 0 Å². The predicted molar refractivity (Wildman–Crippen MR) is 83.9 cm³/mol. The van der Waals surface area contributed by atoms with Crippen LogP contribution in [0.3, 0.4) is 0 Å². The van der Waals surface area contributed by atoms with Gasteiger partial charge in [0.1, 0.15) is 0 Å². The van der Waals surface area contributed by atoms with Crippen LogP contribution in [0.25, 0.3) is 0 Å². The fourth-order valence-corrected chi connectivity index (χ4v) is 3.10. The molecule has 0 radical (unpaired) electrons. The summed E-state index contributed by atoms with van der Waals surface area (Å²) in [5, 5.41) is 0. The van der Waals surface area contributed by atoms with Crippen LogP contribution in [0.4, 0.5) is 0 Å². The Morgan fingerprint density at radius 1 is 1.26 bits per heavy atom. The molecule has 0 spiro atoms. The van der Waals surface area contributed by atoms with Crippen LogP contribution in [0.2, 0.25) is 0 Å². The smallest absolute Gasteiger partial charge is 0.0410 e. The van der Waals surface area contributed by atoms with Crippen LogP contribution in [0.5, 0.6) is 0 Å². The topological polar surface area (TPSA) is 50.9 Å². The Labute approximate surface area is 126 Å². The number of hydrogen-bond acceptors (Lipinski definition) is 4. The van der Waals surface area contributed by atoms with Crippen LogP contribution in [0.1, 0.15) is 5.56 Å². The lowest BCUT2D eigenvalue weighted by molar-refractivity contribution is 0.574. The molecule has 1 atom stereocenters. The Balaban J connectivity index is 1.90. The average Bonchev–Trinajstić information content (AvgIpc) is 2.44. The van der Waals surface area contributed by atoms with Crippen molar-refractivity contribution in [2.24, 2.45) is 5.84 Å². The number of hydrogen-bond donors (Lipinski definition) is 2. The van der Waals surface area contributed by atoms with E-state index in [9.17, 15) is 0 Å². The van der Waals surface area contributed by atoms with Crippen molar-refractivity contribution in [2.75, 3.05) is 5.75 Å². The number of benzene rings is 1. The molecule has 5 heteroatoms. The summed E-state index contributed by atoms with van der Waals surface area (Å²) in [4.78, 5) is 5.43. The van der Waals surface area contributed by atoms with Gasteiger partial charge in [0.15, 0.2) is 0 Å². The number of rotatable bonds is 6. The molecule has 0 aliphatic carbocycles. The maximum Gasteiger partial charge on any atom is 0.0410 e. The second-order valence-corrected chi connectivity index (χ2v) is 6.21. The van der Waals surface area contributed by atoms with Crippen molar-refractivity contribution in [3.05, 3.63) is 58.8 Å². The van der Waals surface area contributed by atoms with Gasteiger partial charge in [-0.05, 0) is 46.1 Å². The summed E-state index contributed by atoms with van der Waals surface area (Å²) >= 11 is 5.23. The van der Waals surface area contributed by atoms with E-state index in [0.717, 1.165) is 16.6 Å². The highest BCUT2D eigenvalue weighted by molar-refractivity contribution is 9.10. The molecule has 1 heterocycles. The summed E-state index contributed by atoms with van der Waals surface area (Å²) in [6, 6.07) is 12.6. The zero-order chi connectivity index (χ0) is 13.5. The van der Waals surface area contributed by atoms with Gasteiger partial charge < -0.3 is 0 Å². The molecule has 1 aromatic carbocycles. The molecule has 0 fully saturated rings. The third-order valence-corrected chi connectivity index (χ3v) is 4.28. The average molecular weight is 338 g/mol. The molecule has 2 rings (SSSR count). The summed E-state index contributed by atoms with van der Waals surface area (Å²) in [6.07, 6.45) is 4.53. The minimum Gasteiger partial charge on any atom is -0.271 e. The van der Waals surface area contributed by atoms with Gasteiger partial charge in [0.05, 0.1) is 0 Å². The fraction of sp³-hybridized carbons (Fsp3) is 0.214. The molecule has 3 N–H and O–H groups in total. The van der Waals surface area contributed by atoms with Crippen LogP contribution in [-0.4, -0.2) is 16.8 Å². The number of nitrogens with one attached hydrogen (secondary N) is 1. The van der Waals surface area contributed by atoms with Gasteiger partial charge in [0.25, 0.3) is 0 Å². The first-order valence-electron chi connectivity index (χ1n) is 6.01. The van der Waals surface area contributed by atoms with Crippen molar-refractivity contribution in [2.45, 2.75) is 17.4 Å². The highest BCUT2D eigenvalue weighted by atomic mass is 79.9. The Kier molecular flexibility index (Phi) is 5.85. The fourth-order valence-electron chi connectivity index (χ4n) is 1.73. The van der Waals surface area contributed by atoms with Gasteiger partial charge in [-0.2, -0.15) is 0 Å². The van der Waals surface area contributed by atoms with Crippen molar-refractivity contribution in [3.8, 4) is 0 Å². The van der Waals surface area contributed by atoms with Crippen LogP contribution in [0.15, 0.2) is 58.2 Å². The van der Waals surface area contributed by atoms with E-state index in [-0.39, 0.29) is 6.04 Å². The van der Waals surface area contributed by atoms with Crippen molar-refractivity contribution in [1.29, 1.82) is 0 Å². The highest BCUT2D eigenvalue weighted by Crippen LogP contribution is 2.19. The number of nitrogens with two attached hydrogens (primary N) is 1. The van der Waals surface area contributed by atoms with Gasteiger partial charge >= 0.3 is 0 Å². The van der Waals surface area contributed by atoms with E-state index < -0.39 is 0 Å². The lowest BCUT2D eigenvalue weighted by Crippen LogP contribution is -2.38. The lowest BCUT2D eigenvalue weighted by atomic mass is 10.1. The molecule has 0 saturated heterocycles. The van der Waals surface area contributed by atoms with E-state index in [4.69, 9.17) is 5.84 Å². The van der Waals surface area contributed by atoms with Gasteiger partial charge in [0, 0.05) is 33.6 Å². The van der Waals surface area contributed by atoms with Crippen molar-refractivity contribution < 1.29 is 0 Å². The van der Waals surface area contributed by atoms with E-state index in [1.54, 1.807) is 18.0 Å². The number of aromatic nitrogens is 1. The number of hydrazine groups is 1. The van der Waals surface area contributed by atoms with Crippen molar-refractivity contribution in [3.63, 3.8) is 0 Å². The molecule has 0 aliphatic heterocycles. The van der Waals surface area contributed by atoms with Crippen molar-refractivity contribution in [1.82, 2.24) is 10.4 Å². The summed E-state index contributed by atoms with van der Waals surface area (Å²) in [5.74, 6) is 6.55. The quantitative estimate of drug-likeness (QED) is 0.483. The van der Waals surface area contributed by atoms with E-state index in [2.05, 4.69) is 44.5 Å². The highest BCUT2D eigenvalue weighted by Gasteiger charge is 2.09. The van der Waals surface area contributed by atoms with Crippen molar-refractivity contribution >= 4 is 27.7 Å². The van der Waals surface area contributed by atoms with Gasteiger partial charge in [-0.25, -0.2) is 0 Å². The summed E-state index contributed by atoms with van der Waals surface area (Å²) in [7, 11) is 0. The first-order chi connectivity index (χ1) is 9.28. The van der Waals surface area contributed by atoms with E-state index in [0.29, 0.717) is 0 Å². The Morgan fingerprint density at radius 2 is 2.05 bits per heavy atom. The van der Waals surface area contributed by atoms with Gasteiger partial charge in [-0.15, -0.1) is 11.8 Å². The number of halogens is 1. The number of nitrogens with zero attached hydrogens (tertiary/aromatic N) is 1. The Hall–Kier alpha value is -0.880. The van der Waals surface area contributed by atoms with Crippen LogP contribution < -0.4 is 11.3 Å². The van der Waals surface area contributed by atoms with Gasteiger partial charge in [-0.3, -0.25) is 16.3 Å².